The van der Waals surface area contributed by atoms with E-state index in [1.165, 1.54) is 89.9 Å². The Balaban J connectivity index is 3.38. The van der Waals surface area contributed by atoms with Crippen LogP contribution in [0.3, 0.4) is 0 Å². The fraction of sp³-hybridized carbons (Fsp3) is 0.744. The molecular formula is C39H70N2O2. The third kappa shape index (κ3) is 36.0. The zero-order chi connectivity index (χ0) is 31.3. The maximum Gasteiger partial charge on any atom is 0.219 e. The van der Waals surface area contributed by atoms with E-state index in [1.54, 1.807) is 0 Å². The summed E-state index contributed by atoms with van der Waals surface area (Å²) >= 11 is 0. The van der Waals surface area contributed by atoms with Crippen LogP contribution in [-0.4, -0.2) is 24.9 Å². The maximum absolute atomic E-state index is 12.0. The van der Waals surface area contributed by atoms with Gasteiger partial charge in [-0.2, -0.15) is 0 Å². The largest absolute Gasteiger partial charge is 0.356 e. The van der Waals surface area contributed by atoms with Gasteiger partial charge in [-0.3, -0.25) is 9.59 Å². The average Bonchev–Trinajstić information content (AvgIpc) is 3.00. The molecule has 43 heavy (non-hydrogen) atoms. The minimum atomic E-state index is 0.141. The minimum Gasteiger partial charge on any atom is -0.356 e. The lowest BCUT2D eigenvalue weighted by atomic mass is 10.1. The third-order valence-corrected chi connectivity index (χ3v) is 7.71. The Labute approximate surface area is 267 Å². The molecule has 0 aromatic heterocycles. The Morgan fingerprint density at radius 3 is 1.09 bits per heavy atom. The highest BCUT2D eigenvalue weighted by atomic mass is 16.2. The maximum atomic E-state index is 12.0. The predicted octanol–water partition coefficient (Wildman–Crippen LogP) is 11.2. The van der Waals surface area contributed by atoms with Gasteiger partial charge in [0.05, 0.1) is 0 Å². The van der Waals surface area contributed by atoms with E-state index < -0.39 is 0 Å². The number of hydrogen-bond donors (Lipinski definition) is 2. The molecule has 0 aliphatic carbocycles. The van der Waals surface area contributed by atoms with Crippen LogP contribution in [0.1, 0.15) is 174 Å². The molecule has 0 unspecified atom stereocenters. The second-order valence-corrected chi connectivity index (χ2v) is 12.0. The zero-order valence-electron chi connectivity index (χ0n) is 28.5. The molecule has 0 saturated carbocycles. The van der Waals surface area contributed by atoms with Crippen molar-refractivity contribution in [1.82, 2.24) is 10.6 Å². The summed E-state index contributed by atoms with van der Waals surface area (Å²) in [6, 6.07) is 0. The van der Waals surface area contributed by atoms with E-state index in [0.29, 0.717) is 25.9 Å². The van der Waals surface area contributed by atoms with Gasteiger partial charge in [-0.15, -0.1) is 0 Å². The van der Waals surface area contributed by atoms with Crippen LogP contribution in [0, 0.1) is 0 Å². The monoisotopic (exact) mass is 599 g/mol. The van der Waals surface area contributed by atoms with Crippen LogP contribution in [0.25, 0.3) is 0 Å². The topological polar surface area (TPSA) is 58.2 Å². The summed E-state index contributed by atoms with van der Waals surface area (Å²) in [5, 5.41) is 5.99. The Morgan fingerprint density at radius 2 is 0.721 bits per heavy atom. The average molecular weight is 599 g/mol. The van der Waals surface area contributed by atoms with Gasteiger partial charge < -0.3 is 10.6 Å². The summed E-state index contributed by atoms with van der Waals surface area (Å²) in [4.78, 5) is 24.0. The van der Waals surface area contributed by atoms with Gasteiger partial charge in [-0.05, 0) is 83.5 Å². The first-order chi connectivity index (χ1) is 21.2. The highest BCUT2D eigenvalue weighted by Gasteiger charge is 2.03. The summed E-state index contributed by atoms with van der Waals surface area (Å²) in [7, 11) is 0. The minimum absolute atomic E-state index is 0.141. The fourth-order valence-corrected chi connectivity index (χ4v) is 4.91. The quantitative estimate of drug-likeness (QED) is 0.0597. The first-order valence-electron chi connectivity index (χ1n) is 18.3. The second-order valence-electron chi connectivity index (χ2n) is 12.0. The molecule has 0 saturated heterocycles. The number of nitrogens with one attached hydrogen (secondary N) is 2. The van der Waals surface area contributed by atoms with Gasteiger partial charge in [0, 0.05) is 25.9 Å². The molecule has 0 rings (SSSR count). The van der Waals surface area contributed by atoms with Gasteiger partial charge in [0.2, 0.25) is 11.8 Å². The first kappa shape index (κ1) is 40.9. The first-order valence-corrected chi connectivity index (χ1v) is 18.3. The summed E-state index contributed by atoms with van der Waals surface area (Å²) in [6.07, 6.45) is 46.7. The third-order valence-electron chi connectivity index (χ3n) is 7.71. The molecule has 2 N–H and O–H groups in total. The van der Waals surface area contributed by atoms with Gasteiger partial charge >= 0.3 is 0 Å². The SMILES string of the molecule is CCCCCC=CCC=CCCCCCCCC(=O)NCCCNC(=O)CCCCCCCC=CCC=CCCCCC. The van der Waals surface area contributed by atoms with Gasteiger partial charge in [0.25, 0.3) is 0 Å². The number of carbonyl (C=O) groups excluding carboxylic acids is 2. The number of unbranched alkanes of at least 4 members (excludes halogenated alkanes) is 16. The number of carbonyl (C=O) groups is 2. The highest BCUT2D eigenvalue weighted by molar-refractivity contribution is 5.76. The number of rotatable bonds is 32. The summed E-state index contributed by atoms with van der Waals surface area (Å²) in [5.41, 5.74) is 0. The second kappa shape index (κ2) is 36.1. The van der Waals surface area contributed by atoms with Gasteiger partial charge in [-0.25, -0.2) is 0 Å². The predicted molar refractivity (Wildman–Crippen MR) is 189 cm³/mol. The van der Waals surface area contributed by atoms with E-state index >= 15 is 0 Å². The van der Waals surface area contributed by atoms with Gasteiger partial charge in [0.1, 0.15) is 0 Å². The van der Waals surface area contributed by atoms with Crippen molar-refractivity contribution >= 4 is 11.8 Å². The van der Waals surface area contributed by atoms with Crippen molar-refractivity contribution in [2.24, 2.45) is 0 Å². The molecule has 2 amide bonds. The van der Waals surface area contributed by atoms with E-state index in [2.05, 4.69) is 73.1 Å². The molecule has 0 aliphatic rings. The molecule has 248 valence electrons. The Bertz CT molecular complexity index is 663. The van der Waals surface area contributed by atoms with Crippen LogP contribution in [0.15, 0.2) is 48.6 Å². The number of allylic oxidation sites excluding steroid dienone is 8. The normalized spacial score (nSPS) is 12.0. The number of amides is 2. The molecule has 4 heteroatoms. The van der Waals surface area contributed by atoms with Crippen molar-refractivity contribution in [3.63, 3.8) is 0 Å². The Hall–Kier alpha value is -2.10. The molecule has 0 aromatic carbocycles. The van der Waals surface area contributed by atoms with Gasteiger partial charge in [-0.1, -0.05) is 127 Å². The van der Waals surface area contributed by atoms with Crippen molar-refractivity contribution in [2.75, 3.05) is 13.1 Å². The molecule has 0 radical (unpaired) electrons. The molecule has 0 fully saturated rings. The molecule has 0 heterocycles. The fourth-order valence-electron chi connectivity index (χ4n) is 4.91. The van der Waals surface area contributed by atoms with Crippen LogP contribution in [0.5, 0.6) is 0 Å². The summed E-state index contributed by atoms with van der Waals surface area (Å²) in [6.45, 7) is 5.78. The van der Waals surface area contributed by atoms with Crippen LogP contribution >= 0.6 is 0 Å². The summed E-state index contributed by atoms with van der Waals surface area (Å²) in [5.74, 6) is 0.282. The van der Waals surface area contributed by atoms with E-state index in [0.717, 1.165) is 57.8 Å². The standard InChI is InChI=1S/C39H70N2O2/c1-3-5-7-9-11-13-15-17-19-21-23-25-27-29-31-34-38(42)40-36-33-37-41-39(43)35-32-30-28-26-24-22-20-18-16-14-12-10-8-6-4-2/h11-14,17-20H,3-10,15-16,21-37H2,1-2H3,(H,40,42)(H,41,43). The molecular weight excluding hydrogens is 528 g/mol. The molecule has 4 nitrogen and oxygen atoms in total. The van der Waals surface area contributed by atoms with Crippen molar-refractivity contribution in [2.45, 2.75) is 174 Å². The van der Waals surface area contributed by atoms with Crippen LogP contribution in [0.4, 0.5) is 0 Å². The lowest BCUT2D eigenvalue weighted by Crippen LogP contribution is -2.29. The molecule has 0 atom stereocenters. The van der Waals surface area contributed by atoms with E-state index in [1.807, 2.05) is 0 Å². The van der Waals surface area contributed by atoms with E-state index in [4.69, 9.17) is 0 Å². The van der Waals surface area contributed by atoms with Crippen LogP contribution < -0.4 is 10.6 Å². The van der Waals surface area contributed by atoms with Crippen molar-refractivity contribution < 1.29 is 9.59 Å². The highest BCUT2D eigenvalue weighted by Crippen LogP contribution is 2.09. The zero-order valence-corrected chi connectivity index (χ0v) is 28.5. The smallest absolute Gasteiger partial charge is 0.219 e. The molecule has 0 bridgehead atoms. The number of hydrogen-bond acceptors (Lipinski definition) is 2. The molecule has 0 aliphatic heterocycles. The van der Waals surface area contributed by atoms with Crippen molar-refractivity contribution in [3.8, 4) is 0 Å². The molecule has 0 spiro atoms. The van der Waals surface area contributed by atoms with E-state index in [9.17, 15) is 9.59 Å². The van der Waals surface area contributed by atoms with Gasteiger partial charge in [0.15, 0.2) is 0 Å². The van der Waals surface area contributed by atoms with Crippen molar-refractivity contribution in [3.05, 3.63) is 48.6 Å². The Morgan fingerprint density at radius 1 is 0.395 bits per heavy atom. The van der Waals surface area contributed by atoms with Crippen LogP contribution in [0.2, 0.25) is 0 Å². The van der Waals surface area contributed by atoms with Crippen LogP contribution in [-0.2, 0) is 9.59 Å². The molecule has 0 aromatic rings. The van der Waals surface area contributed by atoms with E-state index in [-0.39, 0.29) is 11.8 Å². The Kier molecular flexibility index (Phi) is 34.3. The summed E-state index contributed by atoms with van der Waals surface area (Å²) < 4.78 is 0. The lowest BCUT2D eigenvalue weighted by Gasteiger charge is -2.07. The lowest BCUT2D eigenvalue weighted by molar-refractivity contribution is -0.121. The van der Waals surface area contributed by atoms with Crippen molar-refractivity contribution in [1.29, 1.82) is 0 Å².